The number of benzene rings is 2. The number of hydrogen-bond acceptors (Lipinski definition) is 5. The molecule has 0 spiro atoms. The molecule has 1 heterocycles. The molecule has 36 heavy (non-hydrogen) atoms. The Morgan fingerprint density at radius 1 is 1.11 bits per heavy atom. The minimum atomic E-state index is -4.52. The van der Waals surface area contributed by atoms with Crippen LogP contribution in [0.2, 0.25) is 0 Å². The summed E-state index contributed by atoms with van der Waals surface area (Å²) in [7, 11) is 0. The van der Waals surface area contributed by atoms with Crippen LogP contribution in [0, 0.1) is 0 Å². The van der Waals surface area contributed by atoms with Crippen molar-refractivity contribution in [2.24, 2.45) is 0 Å². The molecule has 2 N–H and O–H groups in total. The summed E-state index contributed by atoms with van der Waals surface area (Å²) < 4.78 is 46.1. The van der Waals surface area contributed by atoms with Crippen LogP contribution in [0.5, 0.6) is 0 Å². The van der Waals surface area contributed by atoms with E-state index < -0.39 is 23.4 Å². The molecule has 6 nitrogen and oxygen atoms in total. The zero-order valence-electron chi connectivity index (χ0n) is 20.0. The first-order valence-electron chi connectivity index (χ1n) is 10.9. The third kappa shape index (κ3) is 7.54. The number of nitrogens with zero attached hydrogens (tertiary/aromatic N) is 1. The van der Waals surface area contributed by atoms with Crippen LogP contribution in [0.25, 0.3) is 11.1 Å². The third-order valence-corrected chi connectivity index (χ3v) is 6.50. The van der Waals surface area contributed by atoms with E-state index in [9.17, 15) is 22.8 Å². The Labute approximate surface area is 219 Å². The first kappa shape index (κ1) is 27.7. The normalized spacial score (nSPS) is 12.7. The van der Waals surface area contributed by atoms with Crippen LogP contribution in [0.3, 0.4) is 0 Å². The molecule has 0 saturated carbocycles. The average molecular weight is 584 g/mol. The van der Waals surface area contributed by atoms with Gasteiger partial charge in [0.15, 0.2) is 3.92 Å². The van der Waals surface area contributed by atoms with E-state index in [1.807, 2.05) is 6.92 Å². The zero-order valence-corrected chi connectivity index (χ0v) is 22.4. The number of ether oxygens (including phenoxy) is 1. The molecule has 3 aromatic rings. The Morgan fingerprint density at radius 3 is 2.33 bits per heavy atom. The topological polar surface area (TPSA) is 80.3 Å². The van der Waals surface area contributed by atoms with Crippen molar-refractivity contribution in [3.63, 3.8) is 0 Å². The molecule has 0 aliphatic heterocycles. The van der Waals surface area contributed by atoms with Crippen molar-refractivity contribution in [3.8, 4) is 11.1 Å². The molecule has 0 radical (unpaired) electrons. The van der Waals surface area contributed by atoms with Gasteiger partial charge in [0.1, 0.15) is 10.5 Å². The number of amides is 2. The second kappa shape index (κ2) is 11.0. The highest BCUT2D eigenvalue weighted by atomic mass is 79.9. The van der Waals surface area contributed by atoms with E-state index in [-0.39, 0.29) is 18.5 Å². The van der Waals surface area contributed by atoms with Crippen molar-refractivity contribution in [3.05, 3.63) is 74.1 Å². The number of alkyl carbamates (subject to hydrolysis) is 1. The van der Waals surface area contributed by atoms with E-state index in [0.29, 0.717) is 25.5 Å². The lowest BCUT2D eigenvalue weighted by molar-refractivity contribution is -0.137. The minimum absolute atomic E-state index is 0.0129. The molecule has 2 aromatic carbocycles. The Balaban J connectivity index is 1.82. The summed E-state index contributed by atoms with van der Waals surface area (Å²) in [6.07, 6.45) is -3.71. The van der Waals surface area contributed by atoms with Gasteiger partial charge in [-0.25, -0.2) is 9.78 Å². The highest BCUT2D eigenvalue weighted by Gasteiger charge is 2.31. The predicted molar refractivity (Wildman–Crippen MR) is 136 cm³/mol. The van der Waals surface area contributed by atoms with E-state index in [1.165, 1.54) is 23.6 Å². The number of carbonyl (C=O) groups is 2. The van der Waals surface area contributed by atoms with Crippen molar-refractivity contribution in [1.29, 1.82) is 0 Å². The fourth-order valence-electron chi connectivity index (χ4n) is 3.32. The van der Waals surface area contributed by atoms with Gasteiger partial charge in [-0.2, -0.15) is 13.2 Å². The van der Waals surface area contributed by atoms with Gasteiger partial charge in [-0.1, -0.05) is 30.3 Å². The molecule has 1 atom stereocenters. The monoisotopic (exact) mass is 583 g/mol. The van der Waals surface area contributed by atoms with Crippen LogP contribution >= 0.6 is 27.3 Å². The molecule has 1 aromatic heterocycles. The zero-order chi connectivity index (χ0) is 26.7. The van der Waals surface area contributed by atoms with Gasteiger partial charge in [-0.05, 0) is 78.0 Å². The quantitative estimate of drug-likeness (QED) is 0.324. The number of carbonyl (C=O) groups excluding carboxylic acids is 2. The summed E-state index contributed by atoms with van der Waals surface area (Å²) in [6, 6.07) is 9.92. The predicted octanol–water partition coefficient (Wildman–Crippen LogP) is 7.11. The van der Waals surface area contributed by atoms with Crippen molar-refractivity contribution in [2.45, 2.75) is 52.1 Å². The summed E-state index contributed by atoms with van der Waals surface area (Å²) in [5.41, 5.74) is 0.647. The van der Waals surface area contributed by atoms with Crippen LogP contribution in [-0.2, 0) is 17.5 Å². The van der Waals surface area contributed by atoms with Gasteiger partial charge in [-0.15, -0.1) is 11.3 Å². The Bertz CT molecular complexity index is 1240. The molecule has 3 rings (SSSR count). The molecule has 0 aliphatic carbocycles. The summed E-state index contributed by atoms with van der Waals surface area (Å²) in [6.45, 7) is 6.95. The number of rotatable bonds is 6. The summed E-state index contributed by atoms with van der Waals surface area (Å²) in [5, 5.41) is 5.47. The highest BCUT2D eigenvalue weighted by molar-refractivity contribution is 9.11. The fourth-order valence-corrected chi connectivity index (χ4v) is 4.49. The first-order chi connectivity index (χ1) is 16.7. The largest absolute Gasteiger partial charge is 0.444 e. The van der Waals surface area contributed by atoms with Crippen molar-refractivity contribution in [2.75, 3.05) is 0 Å². The Hall–Kier alpha value is -2.92. The van der Waals surface area contributed by atoms with E-state index in [1.54, 1.807) is 45.0 Å². The second-order valence-corrected chi connectivity index (χ2v) is 11.3. The van der Waals surface area contributed by atoms with Gasteiger partial charge in [0.2, 0.25) is 0 Å². The van der Waals surface area contributed by atoms with Gasteiger partial charge >= 0.3 is 12.3 Å². The molecule has 0 saturated heterocycles. The van der Waals surface area contributed by atoms with Crippen molar-refractivity contribution < 1.29 is 27.5 Å². The van der Waals surface area contributed by atoms with Crippen molar-refractivity contribution in [1.82, 2.24) is 15.6 Å². The maximum atomic E-state index is 13.4. The molecule has 2 amide bonds. The van der Waals surface area contributed by atoms with Gasteiger partial charge in [0.05, 0.1) is 17.8 Å². The third-order valence-electron chi connectivity index (χ3n) is 5.03. The number of aromatic nitrogens is 1. The van der Waals surface area contributed by atoms with Crippen molar-refractivity contribution >= 4 is 39.3 Å². The van der Waals surface area contributed by atoms with E-state index in [2.05, 4.69) is 31.5 Å². The molecule has 0 unspecified atom stereocenters. The number of hydrogen-bond donors (Lipinski definition) is 2. The second-order valence-electron chi connectivity index (χ2n) is 9.02. The van der Waals surface area contributed by atoms with Gasteiger partial charge in [0.25, 0.3) is 5.91 Å². The molecular formula is C25H25BrF3N3O3S. The summed E-state index contributed by atoms with van der Waals surface area (Å²) in [4.78, 5) is 28.9. The lowest BCUT2D eigenvalue weighted by Gasteiger charge is -2.20. The lowest BCUT2D eigenvalue weighted by Crippen LogP contribution is -2.32. The van der Waals surface area contributed by atoms with E-state index in [0.717, 1.165) is 17.7 Å². The maximum absolute atomic E-state index is 13.4. The smallest absolute Gasteiger partial charge is 0.416 e. The summed E-state index contributed by atoms with van der Waals surface area (Å²) in [5.74, 6) is -0.275. The van der Waals surface area contributed by atoms with E-state index >= 15 is 0 Å². The summed E-state index contributed by atoms with van der Waals surface area (Å²) >= 11 is 4.43. The number of nitrogens with one attached hydrogen (secondary N) is 2. The Kier molecular flexibility index (Phi) is 8.45. The first-order valence-corrected chi connectivity index (χ1v) is 12.5. The van der Waals surface area contributed by atoms with Gasteiger partial charge in [-0.3, -0.25) is 4.79 Å². The van der Waals surface area contributed by atoms with E-state index in [4.69, 9.17) is 4.74 Å². The van der Waals surface area contributed by atoms with Crippen LogP contribution in [0.1, 0.15) is 60.1 Å². The van der Waals surface area contributed by atoms with Crippen LogP contribution < -0.4 is 10.6 Å². The molecule has 0 aliphatic rings. The average Bonchev–Trinajstić information content (AvgIpc) is 3.22. The fraction of sp³-hybridized carbons (Fsp3) is 0.320. The van der Waals surface area contributed by atoms with Gasteiger partial charge in [0, 0.05) is 6.54 Å². The Morgan fingerprint density at radius 2 is 1.78 bits per heavy atom. The lowest BCUT2D eigenvalue weighted by atomic mass is 9.95. The van der Waals surface area contributed by atoms with Gasteiger partial charge < -0.3 is 15.4 Å². The highest BCUT2D eigenvalue weighted by Crippen LogP contribution is 2.34. The number of halogens is 4. The van der Waals surface area contributed by atoms with Crippen LogP contribution in [0.4, 0.5) is 18.0 Å². The number of alkyl halides is 3. The molecule has 192 valence electrons. The molecule has 11 heteroatoms. The van der Waals surface area contributed by atoms with Crippen LogP contribution in [0.15, 0.2) is 52.6 Å². The molecule has 0 fully saturated rings. The molecule has 0 bridgehead atoms. The standard InChI is InChI=1S/C25H25BrF3N3O3S/c1-14(32-21(33)20-13-30-22(26)36-20)15-5-7-16(8-6-15)19-11-18(25(27,28)29)10-9-17(19)12-31-23(34)35-24(2,3)4/h5-11,13-14H,12H2,1-4H3,(H,31,34)(H,32,33)/t14-/m1/s1. The minimum Gasteiger partial charge on any atom is -0.444 e. The maximum Gasteiger partial charge on any atom is 0.416 e. The molecular weight excluding hydrogens is 559 g/mol. The SMILES string of the molecule is C[C@@H](NC(=O)c1cnc(Br)s1)c1ccc(-c2cc(C(F)(F)F)ccc2CNC(=O)OC(C)(C)C)cc1. The van der Waals surface area contributed by atoms with Crippen LogP contribution in [-0.4, -0.2) is 22.6 Å². The number of thiazole rings is 1.